The molecule has 0 spiro atoms. The quantitative estimate of drug-likeness (QED) is 0.394. The van der Waals surface area contributed by atoms with Crippen molar-refractivity contribution >= 4 is 43.4 Å². The molecule has 150 valence electrons. The fourth-order valence-electron chi connectivity index (χ4n) is 2.78. The zero-order valence-corrected chi connectivity index (χ0v) is 18.2. The highest BCUT2D eigenvalue weighted by molar-refractivity contribution is 9.10. The summed E-state index contributed by atoms with van der Waals surface area (Å²) in [5, 5.41) is 8.46. The van der Waals surface area contributed by atoms with Crippen LogP contribution in [0.25, 0.3) is 10.2 Å². The fourth-order valence-corrected chi connectivity index (χ4v) is 4.10. The standard InChI is InChI=1S/C19H23BrN4O3S/c1-3-27-16-12(9-13(26-2)10-14(16)20)11-21-6-4-7-22-19-23-15-5-8-28-17(15)18(25)24-19/h5,8-10,21H,3-4,6-7,11H2,1-2H3,(H2,22,23,24,25). The minimum Gasteiger partial charge on any atom is -0.497 e. The molecular formula is C19H23BrN4O3S. The zero-order valence-electron chi connectivity index (χ0n) is 15.8. The molecule has 3 N–H and O–H groups in total. The van der Waals surface area contributed by atoms with E-state index in [1.807, 2.05) is 30.5 Å². The van der Waals surface area contributed by atoms with E-state index in [0.29, 0.717) is 30.3 Å². The van der Waals surface area contributed by atoms with Crippen LogP contribution >= 0.6 is 27.3 Å². The molecule has 0 saturated heterocycles. The number of ether oxygens (including phenoxy) is 2. The monoisotopic (exact) mass is 466 g/mol. The molecule has 2 heterocycles. The molecule has 0 unspecified atom stereocenters. The van der Waals surface area contributed by atoms with Gasteiger partial charge in [-0.2, -0.15) is 0 Å². The Morgan fingerprint density at radius 1 is 1.32 bits per heavy atom. The number of rotatable bonds is 10. The van der Waals surface area contributed by atoms with Crippen LogP contribution in [0.5, 0.6) is 11.5 Å². The lowest BCUT2D eigenvalue weighted by Crippen LogP contribution is -2.19. The van der Waals surface area contributed by atoms with Crippen LogP contribution in [0.15, 0.2) is 32.8 Å². The average molecular weight is 467 g/mol. The second kappa shape index (κ2) is 9.90. The van der Waals surface area contributed by atoms with E-state index in [-0.39, 0.29) is 5.56 Å². The Hall–Kier alpha value is -2.10. The number of hydrogen-bond donors (Lipinski definition) is 3. The van der Waals surface area contributed by atoms with Crippen molar-refractivity contribution in [2.75, 3.05) is 32.1 Å². The number of fused-ring (bicyclic) bond motifs is 1. The van der Waals surface area contributed by atoms with Crippen molar-refractivity contribution in [1.29, 1.82) is 0 Å². The maximum absolute atomic E-state index is 12.0. The van der Waals surface area contributed by atoms with E-state index >= 15 is 0 Å². The number of H-pyrrole nitrogens is 1. The molecule has 0 amide bonds. The molecule has 0 atom stereocenters. The first-order chi connectivity index (χ1) is 13.6. The summed E-state index contributed by atoms with van der Waals surface area (Å²) in [5.41, 5.74) is 1.66. The number of methoxy groups -OCH3 is 1. The minimum absolute atomic E-state index is 0.104. The van der Waals surface area contributed by atoms with E-state index in [2.05, 4.69) is 36.5 Å². The van der Waals surface area contributed by atoms with Crippen molar-refractivity contribution in [2.45, 2.75) is 19.9 Å². The number of benzene rings is 1. The predicted octanol–water partition coefficient (Wildman–Crippen LogP) is 3.75. The van der Waals surface area contributed by atoms with Crippen LogP contribution in [-0.2, 0) is 6.54 Å². The Balaban J connectivity index is 1.49. The van der Waals surface area contributed by atoms with E-state index in [4.69, 9.17) is 9.47 Å². The van der Waals surface area contributed by atoms with Crippen LogP contribution in [0.2, 0.25) is 0 Å². The van der Waals surface area contributed by atoms with E-state index in [9.17, 15) is 4.79 Å². The molecule has 0 aliphatic rings. The third-order valence-electron chi connectivity index (χ3n) is 4.07. The Labute approximate surface area is 175 Å². The maximum Gasteiger partial charge on any atom is 0.270 e. The zero-order chi connectivity index (χ0) is 19.9. The Bertz CT molecular complexity index is 989. The van der Waals surface area contributed by atoms with Gasteiger partial charge in [0, 0.05) is 18.7 Å². The number of thiophene rings is 1. The largest absolute Gasteiger partial charge is 0.497 e. The molecule has 0 fully saturated rings. The van der Waals surface area contributed by atoms with Crippen molar-refractivity contribution in [3.63, 3.8) is 0 Å². The first kappa shape index (κ1) is 20.6. The van der Waals surface area contributed by atoms with Crippen molar-refractivity contribution in [3.05, 3.63) is 44.0 Å². The Kier molecular flexibility index (Phi) is 7.30. The van der Waals surface area contributed by atoms with Crippen molar-refractivity contribution in [1.82, 2.24) is 15.3 Å². The molecule has 7 nitrogen and oxygen atoms in total. The summed E-state index contributed by atoms with van der Waals surface area (Å²) in [7, 11) is 1.65. The lowest BCUT2D eigenvalue weighted by molar-refractivity contribution is 0.331. The predicted molar refractivity (Wildman–Crippen MR) is 117 cm³/mol. The second-order valence-electron chi connectivity index (χ2n) is 6.04. The third kappa shape index (κ3) is 5.03. The van der Waals surface area contributed by atoms with Gasteiger partial charge in [-0.15, -0.1) is 11.3 Å². The average Bonchev–Trinajstić information content (AvgIpc) is 3.16. The molecule has 0 aliphatic heterocycles. The van der Waals surface area contributed by atoms with E-state index in [1.165, 1.54) is 11.3 Å². The maximum atomic E-state index is 12.0. The number of halogens is 1. The van der Waals surface area contributed by atoms with Gasteiger partial charge in [0.2, 0.25) is 5.95 Å². The van der Waals surface area contributed by atoms with Gasteiger partial charge < -0.3 is 20.1 Å². The van der Waals surface area contributed by atoms with Crippen molar-refractivity contribution in [3.8, 4) is 11.5 Å². The lowest BCUT2D eigenvalue weighted by atomic mass is 10.2. The summed E-state index contributed by atoms with van der Waals surface area (Å²) in [6.45, 7) is 4.73. The van der Waals surface area contributed by atoms with E-state index < -0.39 is 0 Å². The Morgan fingerprint density at radius 2 is 2.18 bits per heavy atom. The van der Waals surface area contributed by atoms with Gasteiger partial charge in [-0.05, 0) is 59.4 Å². The topological polar surface area (TPSA) is 88.3 Å². The molecule has 0 saturated carbocycles. The molecule has 0 aliphatic carbocycles. The highest BCUT2D eigenvalue weighted by Crippen LogP contribution is 2.33. The number of nitrogens with zero attached hydrogens (tertiary/aromatic N) is 1. The minimum atomic E-state index is -0.104. The normalized spacial score (nSPS) is 11.0. The molecule has 3 rings (SSSR count). The van der Waals surface area contributed by atoms with Crippen LogP contribution in [0.1, 0.15) is 18.9 Å². The highest BCUT2D eigenvalue weighted by Gasteiger charge is 2.11. The van der Waals surface area contributed by atoms with Crippen LogP contribution in [0.3, 0.4) is 0 Å². The number of hydrogen-bond acceptors (Lipinski definition) is 7. The second-order valence-corrected chi connectivity index (χ2v) is 7.81. The molecular weight excluding hydrogens is 444 g/mol. The lowest BCUT2D eigenvalue weighted by Gasteiger charge is -2.15. The Morgan fingerprint density at radius 3 is 2.96 bits per heavy atom. The summed E-state index contributed by atoms with van der Waals surface area (Å²) < 4.78 is 12.6. The highest BCUT2D eigenvalue weighted by atomic mass is 79.9. The first-order valence-corrected chi connectivity index (χ1v) is 10.7. The van der Waals surface area contributed by atoms with Crippen LogP contribution in [0.4, 0.5) is 5.95 Å². The van der Waals surface area contributed by atoms with E-state index in [1.54, 1.807) is 7.11 Å². The molecule has 2 aromatic heterocycles. The number of anilines is 1. The number of nitrogens with one attached hydrogen (secondary N) is 3. The third-order valence-corrected chi connectivity index (χ3v) is 5.56. The summed E-state index contributed by atoms with van der Waals surface area (Å²) in [5.74, 6) is 2.12. The molecule has 0 radical (unpaired) electrons. The SMILES string of the molecule is CCOc1c(Br)cc(OC)cc1CNCCCNc1nc2ccsc2c(=O)[nH]1. The van der Waals surface area contributed by atoms with Gasteiger partial charge in [-0.3, -0.25) is 9.78 Å². The number of aromatic nitrogens is 2. The summed E-state index contributed by atoms with van der Waals surface area (Å²) in [6, 6.07) is 5.73. The van der Waals surface area contributed by atoms with Crippen molar-refractivity contribution < 1.29 is 9.47 Å². The van der Waals surface area contributed by atoms with Crippen molar-refractivity contribution in [2.24, 2.45) is 0 Å². The van der Waals surface area contributed by atoms with E-state index in [0.717, 1.165) is 40.0 Å². The van der Waals surface area contributed by atoms with Crippen LogP contribution < -0.4 is 25.7 Å². The smallest absolute Gasteiger partial charge is 0.270 e. The van der Waals surface area contributed by atoms with Gasteiger partial charge >= 0.3 is 0 Å². The van der Waals surface area contributed by atoms with Gasteiger partial charge in [-0.25, -0.2) is 4.98 Å². The molecule has 9 heteroatoms. The number of aromatic amines is 1. The van der Waals surface area contributed by atoms with Gasteiger partial charge in [0.05, 0.1) is 23.7 Å². The van der Waals surface area contributed by atoms with Gasteiger partial charge in [0.25, 0.3) is 5.56 Å². The summed E-state index contributed by atoms with van der Waals surface area (Å²) >= 11 is 4.94. The summed E-state index contributed by atoms with van der Waals surface area (Å²) in [4.78, 5) is 19.1. The molecule has 3 aromatic rings. The fraction of sp³-hybridized carbons (Fsp3) is 0.368. The van der Waals surface area contributed by atoms with Gasteiger partial charge in [-0.1, -0.05) is 0 Å². The van der Waals surface area contributed by atoms with Gasteiger partial charge in [0.1, 0.15) is 16.2 Å². The summed E-state index contributed by atoms with van der Waals surface area (Å²) in [6.07, 6.45) is 0.875. The van der Waals surface area contributed by atoms with Crippen LogP contribution in [-0.4, -0.2) is 36.8 Å². The molecule has 28 heavy (non-hydrogen) atoms. The first-order valence-electron chi connectivity index (χ1n) is 9.03. The van der Waals surface area contributed by atoms with Crippen LogP contribution in [0, 0.1) is 0 Å². The molecule has 1 aromatic carbocycles. The molecule has 0 bridgehead atoms. The van der Waals surface area contributed by atoms with Gasteiger partial charge in [0.15, 0.2) is 0 Å².